The van der Waals surface area contributed by atoms with Gasteiger partial charge in [-0.25, -0.2) is 4.98 Å². The lowest BCUT2D eigenvalue weighted by molar-refractivity contribution is 0.0935. The van der Waals surface area contributed by atoms with Gasteiger partial charge in [0.05, 0.1) is 0 Å². The molecular weight excluding hydrogens is 262 g/mol. The molecule has 2 heterocycles. The second kappa shape index (κ2) is 6.58. The van der Waals surface area contributed by atoms with Crippen LogP contribution in [0, 0.1) is 0 Å². The number of pyridine rings is 1. The zero-order valence-electron chi connectivity index (χ0n) is 10.7. The van der Waals surface area contributed by atoms with E-state index in [0.717, 1.165) is 11.4 Å². The van der Waals surface area contributed by atoms with Gasteiger partial charge in [0, 0.05) is 42.6 Å². The van der Waals surface area contributed by atoms with Gasteiger partial charge >= 0.3 is 0 Å². The number of fused-ring (bicyclic) bond motifs is 1. The van der Waals surface area contributed by atoms with Gasteiger partial charge in [0.25, 0.3) is 5.91 Å². The Bertz CT molecular complexity index is 550. The molecule has 1 amide bonds. The third kappa shape index (κ3) is 3.48. The molecule has 0 aromatic carbocycles. The topological polar surface area (TPSA) is 66.6 Å². The minimum absolute atomic E-state index is 0.0107. The molecule has 2 aromatic rings. The lowest BCUT2D eigenvalue weighted by atomic mass is 10.2. The third-order valence-corrected chi connectivity index (χ3v) is 3.58. The van der Waals surface area contributed by atoms with Crippen LogP contribution in [0.4, 0.5) is 0 Å². The van der Waals surface area contributed by atoms with Crippen molar-refractivity contribution in [2.45, 2.75) is 12.5 Å². The molecule has 0 aliphatic heterocycles. The van der Waals surface area contributed by atoms with Gasteiger partial charge in [-0.05, 0) is 24.8 Å². The van der Waals surface area contributed by atoms with Crippen LogP contribution >= 0.6 is 11.8 Å². The highest BCUT2D eigenvalue weighted by Crippen LogP contribution is 2.07. The van der Waals surface area contributed by atoms with Crippen molar-refractivity contribution < 1.29 is 9.90 Å². The van der Waals surface area contributed by atoms with E-state index in [0.29, 0.717) is 12.0 Å². The zero-order valence-corrected chi connectivity index (χ0v) is 11.6. The maximum atomic E-state index is 12.1. The van der Waals surface area contributed by atoms with Gasteiger partial charge in [-0.3, -0.25) is 4.79 Å². The molecule has 2 aromatic heterocycles. The number of rotatable bonds is 6. The lowest BCUT2D eigenvalue weighted by Gasteiger charge is -2.16. The molecule has 0 saturated heterocycles. The van der Waals surface area contributed by atoms with Crippen LogP contribution in [-0.4, -0.2) is 45.1 Å². The molecule has 0 radical (unpaired) electrons. The van der Waals surface area contributed by atoms with E-state index < -0.39 is 0 Å². The van der Waals surface area contributed by atoms with Gasteiger partial charge in [-0.15, -0.1) is 0 Å². The first-order chi connectivity index (χ1) is 9.24. The maximum absolute atomic E-state index is 12.1. The minimum atomic E-state index is -0.127. The van der Waals surface area contributed by atoms with Crippen LogP contribution in [0.3, 0.4) is 0 Å². The monoisotopic (exact) mass is 279 g/mol. The largest absolute Gasteiger partial charge is 0.396 e. The van der Waals surface area contributed by atoms with E-state index in [1.54, 1.807) is 30.1 Å². The molecule has 0 bridgehead atoms. The molecule has 19 heavy (non-hydrogen) atoms. The van der Waals surface area contributed by atoms with E-state index in [-0.39, 0.29) is 18.6 Å². The predicted molar refractivity (Wildman–Crippen MR) is 76.5 cm³/mol. The zero-order chi connectivity index (χ0) is 13.7. The summed E-state index contributed by atoms with van der Waals surface area (Å²) in [6.07, 6.45) is 7.89. The Morgan fingerprint density at radius 1 is 1.58 bits per heavy atom. The number of carbonyl (C=O) groups excluding carboxylic acids is 1. The van der Waals surface area contributed by atoms with Crippen molar-refractivity contribution in [1.82, 2.24) is 14.7 Å². The van der Waals surface area contributed by atoms with Gasteiger partial charge in [0.2, 0.25) is 0 Å². The number of imidazole rings is 1. The fourth-order valence-corrected chi connectivity index (χ4v) is 2.53. The summed E-state index contributed by atoms with van der Waals surface area (Å²) in [7, 11) is 0. The first-order valence-corrected chi connectivity index (χ1v) is 7.47. The molecule has 102 valence electrons. The van der Waals surface area contributed by atoms with Crippen molar-refractivity contribution in [1.29, 1.82) is 0 Å². The second-order valence-corrected chi connectivity index (χ2v) is 5.16. The van der Waals surface area contributed by atoms with E-state index in [1.165, 1.54) is 0 Å². The van der Waals surface area contributed by atoms with Crippen molar-refractivity contribution in [3.05, 3.63) is 36.3 Å². The Morgan fingerprint density at radius 2 is 2.42 bits per heavy atom. The predicted octanol–water partition coefficient (Wildman–Crippen LogP) is 1.18. The molecule has 0 aliphatic rings. The van der Waals surface area contributed by atoms with Crippen molar-refractivity contribution in [3.63, 3.8) is 0 Å². The van der Waals surface area contributed by atoms with Gasteiger partial charge in [-0.2, -0.15) is 11.8 Å². The first kappa shape index (κ1) is 13.9. The number of carbonyl (C=O) groups is 1. The Morgan fingerprint density at radius 3 is 3.16 bits per heavy atom. The molecule has 0 unspecified atom stereocenters. The first-order valence-electron chi connectivity index (χ1n) is 6.08. The highest BCUT2D eigenvalue weighted by Gasteiger charge is 2.13. The van der Waals surface area contributed by atoms with E-state index >= 15 is 0 Å². The fraction of sp³-hybridized carbons (Fsp3) is 0.385. The van der Waals surface area contributed by atoms with Crippen LogP contribution in [0.25, 0.3) is 5.65 Å². The molecule has 2 rings (SSSR count). The van der Waals surface area contributed by atoms with Crippen molar-refractivity contribution in [2.75, 3.05) is 18.6 Å². The molecule has 0 spiro atoms. The number of aromatic nitrogens is 2. The molecular formula is C13H17N3O2S. The number of hydrogen-bond donors (Lipinski definition) is 2. The lowest BCUT2D eigenvalue weighted by Crippen LogP contribution is -2.37. The quantitative estimate of drug-likeness (QED) is 0.833. The average Bonchev–Trinajstić information content (AvgIpc) is 2.86. The van der Waals surface area contributed by atoms with Gasteiger partial charge in [-0.1, -0.05) is 0 Å². The number of aliphatic hydroxyl groups excluding tert-OH is 1. The Labute approximate surface area is 116 Å². The molecule has 2 N–H and O–H groups in total. The summed E-state index contributed by atoms with van der Waals surface area (Å²) in [6, 6.07) is 3.51. The van der Waals surface area contributed by atoms with Crippen LogP contribution in [0.5, 0.6) is 0 Å². The Balaban J connectivity index is 2.09. The molecule has 1 atom stereocenters. The van der Waals surface area contributed by atoms with Crippen LogP contribution in [-0.2, 0) is 0 Å². The number of thioether (sulfide) groups is 1. The van der Waals surface area contributed by atoms with E-state index in [1.807, 2.05) is 23.1 Å². The van der Waals surface area contributed by atoms with Crippen molar-refractivity contribution in [2.24, 2.45) is 0 Å². The van der Waals surface area contributed by atoms with Gasteiger partial charge < -0.3 is 14.8 Å². The van der Waals surface area contributed by atoms with Crippen molar-refractivity contribution in [3.8, 4) is 0 Å². The van der Waals surface area contributed by atoms with Crippen LogP contribution in [0.15, 0.2) is 30.7 Å². The molecule has 0 aliphatic carbocycles. The summed E-state index contributed by atoms with van der Waals surface area (Å²) in [4.78, 5) is 16.3. The SMILES string of the molecule is CSC[C@H](CCO)NC(=O)c1ccn2ccnc2c1. The van der Waals surface area contributed by atoms with E-state index in [9.17, 15) is 4.79 Å². The van der Waals surface area contributed by atoms with Gasteiger partial charge in [0.1, 0.15) is 5.65 Å². The highest BCUT2D eigenvalue weighted by atomic mass is 32.2. The summed E-state index contributed by atoms with van der Waals surface area (Å²) in [5, 5.41) is 11.9. The Kier molecular flexibility index (Phi) is 4.81. The van der Waals surface area contributed by atoms with Gasteiger partial charge in [0.15, 0.2) is 0 Å². The highest BCUT2D eigenvalue weighted by molar-refractivity contribution is 7.98. The third-order valence-electron chi connectivity index (χ3n) is 2.84. The van der Waals surface area contributed by atoms with Crippen molar-refractivity contribution >= 4 is 23.3 Å². The Hall–Kier alpha value is -1.53. The summed E-state index contributed by atoms with van der Waals surface area (Å²) in [6.45, 7) is 0.0742. The maximum Gasteiger partial charge on any atom is 0.251 e. The fourth-order valence-electron chi connectivity index (χ4n) is 1.87. The molecule has 6 heteroatoms. The number of amides is 1. The average molecular weight is 279 g/mol. The second-order valence-electron chi connectivity index (χ2n) is 4.25. The molecule has 0 saturated carbocycles. The van der Waals surface area contributed by atoms with Crippen LogP contribution < -0.4 is 5.32 Å². The number of nitrogens with one attached hydrogen (secondary N) is 1. The number of aliphatic hydroxyl groups is 1. The van der Waals surface area contributed by atoms with E-state index in [2.05, 4.69) is 10.3 Å². The standard InChI is InChI=1S/C13H17N3O2S/c1-19-9-11(3-7-17)15-13(18)10-2-5-16-6-4-14-12(16)8-10/h2,4-6,8,11,17H,3,7,9H2,1H3,(H,15,18)/t11-/m0/s1. The normalized spacial score (nSPS) is 12.5. The van der Waals surface area contributed by atoms with Crippen LogP contribution in [0.1, 0.15) is 16.8 Å². The minimum Gasteiger partial charge on any atom is -0.396 e. The summed E-state index contributed by atoms with van der Waals surface area (Å²) in [5.41, 5.74) is 1.33. The summed E-state index contributed by atoms with van der Waals surface area (Å²) in [5.74, 6) is 0.663. The molecule has 0 fully saturated rings. The van der Waals surface area contributed by atoms with Crippen LogP contribution in [0.2, 0.25) is 0 Å². The van der Waals surface area contributed by atoms with E-state index in [4.69, 9.17) is 5.11 Å². The smallest absolute Gasteiger partial charge is 0.251 e. The summed E-state index contributed by atoms with van der Waals surface area (Å²) >= 11 is 1.65. The molecule has 5 nitrogen and oxygen atoms in total. The number of hydrogen-bond acceptors (Lipinski definition) is 4. The summed E-state index contributed by atoms with van der Waals surface area (Å²) < 4.78 is 1.85. The number of nitrogens with zero attached hydrogens (tertiary/aromatic N) is 2.